The minimum absolute atomic E-state index is 0.0236. The first-order valence-corrected chi connectivity index (χ1v) is 10.5. The molecule has 0 atom stereocenters. The molecule has 1 aliphatic rings. The zero-order valence-corrected chi connectivity index (χ0v) is 17.4. The summed E-state index contributed by atoms with van der Waals surface area (Å²) in [6.45, 7) is 4.28. The fraction of sp³-hybridized carbons (Fsp3) is 0.333. The Bertz CT molecular complexity index is 1040. The Morgan fingerprint density at radius 2 is 1.83 bits per heavy atom. The number of rotatable bonds is 3. The lowest BCUT2D eigenvalue weighted by atomic mass is 10.1. The summed E-state index contributed by atoms with van der Waals surface area (Å²) in [5.41, 5.74) is 3.12. The maximum Gasteiger partial charge on any atom is 0.273 e. The van der Waals surface area contributed by atoms with Crippen LogP contribution in [0.2, 0.25) is 0 Å². The molecule has 2 aromatic heterocycles. The van der Waals surface area contributed by atoms with E-state index in [-0.39, 0.29) is 11.8 Å². The van der Waals surface area contributed by atoms with Crippen LogP contribution in [0.5, 0.6) is 0 Å². The van der Waals surface area contributed by atoms with Crippen molar-refractivity contribution in [1.29, 1.82) is 0 Å². The van der Waals surface area contributed by atoms with Crippen LogP contribution < -0.4 is 0 Å². The van der Waals surface area contributed by atoms with E-state index in [1.54, 1.807) is 21.2 Å². The van der Waals surface area contributed by atoms with Crippen molar-refractivity contribution in [1.82, 2.24) is 24.6 Å². The lowest BCUT2D eigenvalue weighted by molar-refractivity contribution is 0.0716. The molecule has 0 bridgehead atoms. The molecule has 150 valence electrons. The number of hydrogen-bond acceptors (Lipinski definition) is 5. The quantitative estimate of drug-likeness (QED) is 0.667. The van der Waals surface area contributed by atoms with Gasteiger partial charge in [0.1, 0.15) is 10.7 Å². The molecule has 3 heterocycles. The average Bonchev–Trinajstić information content (AvgIpc) is 3.30. The third-order valence-electron chi connectivity index (χ3n) is 5.01. The van der Waals surface area contributed by atoms with E-state index < -0.39 is 0 Å². The Morgan fingerprint density at radius 1 is 1.07 bits per heavy atom. The van der Waals surface area contributed by atoms with Crippen LogP contribution in [0.15, 0.2) is 42.0 Å². The third kappa shape index (κ3) is 4.22. The zero-order chi connectivity index (χ0) is 20.4. The maximum atomic E-state index is 12.9. The predicted octanol–water partition coefficient (Wildman–Crippen LogP) is 2.84. The van der Waals surface area contributed by atoms with E-state index >= 15 is 0 Å². The highest BCUT2D eigenvalue weighted by molar-refractivity contribution is 7.13. The topological polar surface area (TPSA) is 71.3 Å². The van der Waals surface area contributed by atoms with Crippen LogP contribution in [-0.2, 0) is 7.05 Å². The molecule has 0 aliphatic carbocycles. The van der Waals surface area contributed by atoms with Gasteiger partial charge in [0, 0.05) is 55.9 Å². The van der Waals surface area contributed by atoms with Crippen molar-refractivity contribution in [3.63, 3.8) is 0 Å². The van der Waals surface area contributed by atoms with E-state index in [0.717, 1.165) is 22.6 Å². The summed E-state index contributed by atoms with van der Waals surface area (Å²) in [6.07, 6.45) is 4.38. The van der Waals surface area contributed by atoms with Gasteiger partial charge in [-0.15, -0.1) is 11.3 Å². The largest absolute Gasteiger partial charge is 0.337 e. The number of aromatic nitrogens is 3. The lowest BCUT2D eigenvalue weighted by Crippen LogP contribution is -2.37. The molecule has 0 radical (unpaired) electrons. The van der Waals surface area contributed by atoms with Crippen molar-refractivity contribution in [3.8, 4) is 10.6 Å². The standard InChI is InChI=1S/C21H23N5O2S/c1-15-5-3-6-16(11-15)20(27)25-7-4-8-26(10-9-25)21(28)18-14-29-19(23-18)17-12-22-24(2)13-17/h3,5-6,11-14H,4,7-10H2,1-2H3. The van der Waals surface area contributed by atoms with Crippen LogP contribution in [-0.4, -0.2) is 62.6 Å². The highest BCUT2D eigenvalue weighted by Gasteiger charge is 2.25. The molecule has 4 rings (SSSR count). The van der Waals surface area contributed by atoms with Crippen molar-refractivity contribution in [2.75, 3.05) is 26.2 Å². The van der Waals surface area contributed by atoms with E-state index in [0.29, 0.717) is 37.4 Å². The molecule has 1 aliphatic heterocycles. The highest BCUT2D eigenvalue weighted by Crippen LogP contribution is 2.24. The van der Waals surface area contributed by atoms with Gasteiger partial charge in [-0.3, -0.25) is 14.3 Å². The maximum absolute atomic E-state index is 12.9. The molecule has 1 fully saturated rings. The fourth-order valence-electron chi connectivity index (χ4n) is 3.48. The molecule has 0 N–H and O–H groups in total. The molecule has 1 aromatic carbocycles. The average molecular weight is 410 g/mol. The summed E-state index contributed by atoms with van der Waals surface area (Å²) in [4.78, 5) is 33.9. The summed E-state index contributed by atoms with van der Waals surface area (Å²) in [7, 11) is 1.85. The molecule has 7 nitrogen and oxygen atoms in total. The summed E-state index contributed by atoms with van der Waals surface area (Å²) in [5.74, 6) is -0.0585. The molecule has 2 amide bonds. The number of nitrogens with zero attached hydrogens (tertiary/aromatic N) is 5. The second kappa shape index (κ2) is 8.16. The molecule has 0 unspecified atom stereocenters. The van der Waals surface area contributed by atoms with E-state index in [4.69, 9.17) is 0 Å². The van der Waals surface area contributed by atoms with Gasteiger partial charge in [-0.1, -0.05) is 17.7 Å². The first kappa shape index (κ1) is 19.3. The minimum atomic E-state index is -0.0822. The van der Waals surface area contributed by atoms with Crippen LogP contribution in [0.1, 0.15) is 32.8 Å². The number of amides is 2. The van der Waals surface area contributed by atoms with E-state index in [1.807, 2.05) is 49.3 Å². The Labute approximate surface area is 173 Å². The third-order valence-corrected chi connectivity index (χ3v) is 5.90. The van der Waals surface area contributed by atoms with Gasteiger partial charge in [0.2, 0.25) is 0 Å². The Hall–Kier alpha value is -3.00. The Balaban J connectivity index is 1.42. The van der Waals surface area contributed by atoms with Crippen LogP contribution in [0, 0.1) is 6.92 Å². The zero-order valence-electron chi connectivity index (χ0n) is 16.5. The molecule has 0 saturated carbocycles. The van der Waals surface area contributed by atoms with Crippen LogP contribution >= 0.6 is 11.3 Å². The Morgan fingerprint density at radius 3 is 2.52 bits per heavy atom. The van der Waals surface area contributed by atoms with Gasteiger partial charge in [0.25, 0.3) is 11.8 Å². The van der Waals surface area contributed by atoms with E-state index in [2.05, 4.69) is 10.1 Å². The number of carbonyl (C=O) groups is 2. The molecular weight excluding hydrogens is 386 g/mol. The van der Waals surface area contributed by atoms with Crippen LogP contribution in [0.3, 0.4) is 0 Å². The first-order chi connectivity index (χ1) is 14.0. The summed E-state index contributed by atoms with van der Waals surface area (Å²) in [6, 6.07) is 7.63. The van der Waals surface area contributed by atoms with Crippen LogP contribution in [0.25, 0.3) is 10.6 Å². The van der Waals surface area contributed by atoms with Gasteiger partial charge in [-0.2, -0.15) is 5.10 Å². The SMILES string of the molecule is Cc1cccc(C(=O)N2CCCN(C(=O)c3csc(-c4cnn(C)c4)n3)CC2)c1. The lowest BCUT2D eigenvalue weighted by Gasteiger charge is -2.22. The summed E-state index contributed by atoms with van der Waals surface area (Å²) in [5, 5.41) is 6.74. The fourth-order valence-corrected chi connectivity index (χ4v) is 4.25. The van der Waals surface area contributed by atoms with Gasteiger partial charge in [0.15, 0.2) is 0 Å². The second-order valence-electron chi connectivity index (χ2n) is 7.25. The number of carbonyl (C=O) groups excluding carboxylic acids is 2. The van der Waals surface area contributed by atoms with Crippen molar-refractivity contribution < 1.29 is 9.59 Å². The molecular formula is C21H23N5O2S. The monoisotopic (exact) mass is 409 g/mol. The van der Waals surface area contributed by atoms with Crippen molar-refractivity contribution >= 4 is 23.2 Å². The van der Waals surface area contributed by atoms with E-state index in [9.17, 15) is 9.59 Å². The summed E-state index contributed by atoms with van der Waals surface area (Å²) >= 11 is 1.44. The molecule has 3 aromatic rings. The molecule has 1 saturated heterocycles. The van der Waals surface area contributed by atoms with Gasteiger partial charge in [-0.25, -0.2) is 4.98 Å². The van der Waals surface area contributed by atoms with E-state index in [1.165, 1.54) is 11.3 Å². The minimum Gasteiger partial charge on any atom is -0.337 e. The van der Waals surface area contributed by atoms with Gasteiger partial charge >= 0.3 is 0 Å². The molecule has 29 heavy (non-hydrogen) atoms. The number of thiazole rings is 1. The van der Waals surface area contributed by atoms with Gasteiger partial charge in [-0.05, 0) is 25.5 Å². The van der Waals surface area contributed by atoms with Crippen molar-refractivity contribution in [2.24, 2.45) is 7.05 Å². The number of aryl methyl sites for hydroxylation is 2. The highest BCUT2D eigenvalue weighted by atomic mass is 32.1. The smallest absolute Gasteiger partial charge is 0.273 e. The number of benzene rings is 1. The number of hydrogen-bond donors (Lipinski definition) is 0. The first-order valence-electron chi connectivity index (χ1n) is 9.61. The van der Waals surface area contributed by atoms with Crippen LogP contribution in [0.4, 0.5) is 0 Å². The van der Waals surface area contributed by atoms with Crippen molar-refractivity contribution in [3.05, 3.63) is 58.9 Å². The van der Waals surface area contributed by atoms with Gasteiger partial charge in [0.05, 0.1) is 6.20 Å². The molecule has 0 spiro atoms. The second-order valence-corrected chi connectivity index (χ2v) is 8.11. The Kier molecular flexibility index (Phi) is 5.44. The molecule has 8 heteroatoms. The van der Waals surface area contributed by atoms with Gasteiger partial charge < -0.3 is 9.80 Å². The predicted molar refractivity (Wildman–Crippen MR) is 112 cm³/mol. The van der Waals surface area contributed by atoms with Crippen molar-refractivity contribution in [2.45, 2.75) is 13.3 Å². The summed E-state index contributed by atoms with van der Waals surface area (Å²) < 4.78 is 1.72. The normalized spacial score (nSPS) is 14.7.